The van der Waals surface area contributed by atoms with Gasteiger partial charge in [0.05, 0.1) is 13.2 Å². The van der Waals surface area contributed by atoms with Crippen molar-refractivity contribution in [3.8, 4) is 0 Å². The molecule has 3 nitrogen and oxygen atoms in total. The van der Waals surface area contributed by atoms with Crippen LogP contribution in [0.2, 0.25) is 0 Å². The van der Waals surface area contributed by atoms with Crippen LogP contribution in [-0.4, -0.2) is 49.3 Å². The van der Waals surface area contributed by atoms with Crippen LogP contribution in [0.5, 0.6) is 0 Å². The van der Waals surface area contributed by atoms with Gasteiger partial charge in [0.2, 0.25) is 0 Å². The van der Waals surface area contributed by atoms with Crippen molar-refractivity contribution in [2.24, 2.45) is 5.92 Å². The van der Waals surface area contributed by atoms with Gasteiger partial charge >= 0.3 is 0 Å². The third kappa shape index (κ3) is 4.81. The molecule has 0 amide bonds. The van der Waals surface area contributed by atoms with E-state index in [-0.39, 0.29) is 5.54 Å². The highest BCUT2D eigenvalue weighted by Crippen LogP contribution is 2.13. The molecule has 1 rings (SSSR count). The van der Waals surface area contributed by atoms with Gasteiger partial charge in [-0.25, -0.2) is 0 Å². The summed E-state index contributed by atoms with van der Waals surface area (Å²) in [5.41, 5.74) is 0.221. The van der Waals surface area contributed by atoms with Crippen molar-refractivity contribution in [3.05, 3.63) is 0 Å². The average Bonchev–Trinajstić information content (AvgIpc) is 2.25. The predicted molar refractivity (Wildman–Crippen MR) is 68.8 cm³/mol. The van der Waals surface area contributed by atoms with Crippen molar-refractivity contribution in [2.45, 2.75) is 46.2 Å². The van der Waals surface area contributed by atoms with Crippen LogP contribution < -0.4 is 5.32 Å². The molecule has 1 N–H and O–H groups in total. The number of nitrogens with zero attached hydrogens (tertiary/aromatic N) is 1. The Balaban J connectivity index is 2.31. The standard InChI is InChI=1S/C13H28N2O/c1-11(10-14-13(3,4)5)12(2)15-6-8-16-9-7-15/h11-12,14H,6-10H2,1-5H3. The van der Waals surface area contributed by atoms with Gasteiger partial charge in [-0.15, -0.1) is 0 Å². The maximum Gasteiger partial charge on any atom is 0.0594 e. The molecule has 0 aromatic rings. The molecule has 2 unspecified atom stereocenters. The van der Waals surface area contributed by atoms with E-state index in [0.717, 1.165) is 32.8 Å². The summed E-state index contributed by atoms with van der Waals surface area (Å²) >= 11 is 0. The molecule has 16 heavy (non-hydrogen) atoms. The maximum atomic E-state index is 5.39. The summed E-state index contributed by atoms with van der Waals surface area (Å²) < 4.78 is 5.39. The third-order valence-electron chi connectivity index (χ3n) is 3.40. The molecule has 1 heterocycles. The lowest BCUT2D eigenvalue weighted by Gasteiger charge is -2.36. The first-order valence-corrected chi connectivity index (χ1v) is 6.47. The highest BCUT2D eigenvalue weighted by molar-refractivity contribution is 4.79. The van der Waals surface area contributed by atoms with Crippen LogP contribution >= 0.6 is 0 Å². The lowest BCUT2D eigenvalue weighted by Crippen LogP contribution is -2.48. The number of hydrogen-bond acceptors (Lipinski definition) is 3. The van der Waals surface area contributed by atoms with Gasteiger partial charge in [0, 0.05) is 24.7 Å². The Labute approximate surface area is 101 Å². The highest BCUT2D eigenvalue weighted by Gasteiger charge is 2.22. The van der Waals surface area contributed by atoms with Crippen LogP contribution in [0.3, 0.4) is 0 Å². The number of hydrogen-bond donors (Lipinski definition) is 1. The number of morpholine rings is 1. The van der Waals surface area contributed by atoms with Crippen LogP contribution in [0.25, 0.3) is 0 Å². The summed E-state index contributed by atoms with van der Waals surface area (Å²) in [5.74, 6) is 0.678. The van der Waals surface area contributed by atoms with Gasteiger partial charge in [-0.1, -0.05) is 6.92 Å². The second kappa shape index (κ2) is 5.99. The molecule has 2 atom stereocenters. The van der Waals surface area contributed by atoms with E-state index in [1.165, 1.54) is 0 Å². The summed E-state index contributed by atoms with van der Waals surface area (Å²) in [6.07, 6.45) is 0. The Morgan fingerprint density at radius 1 is 1.19 bits per heavy atom. The molecule has 0 spiro atoms. The molecule has 96 valence electrons. The monoisotopic (exact) mass is 228 g/mol. The second-order valence-electron chi connectivity index (χ2n) is 6.00. The molecule has 0 aliphatic carbocycles. The Morgan fingerprint density at radius 2 is 1.75 bits per heavy atom. The quantitative estimate of drug-likeness (QED) is 0.793. The zero-order chi connectivity index (χ0) is 12.2. The molecular weight excluding hydrogens is 200 g/mol. The van der Waals surface area contributed by atoms with Crippen LogP contribution in [0, 0.1) is 5.92 Å². The topological polar surface area (TPSA) is 24.5 Å². The normalized spacial score (nSPS) is 23.1. The molecule has 0 radical (unpaired) electrons. The van der Waals surface area contributed by atoms with Crippen molar-refractivity contribution in [3.63, 3.8) is 0 Å². The first-order chi connectivity index (χ1) is 7.40. The van der Waals surface area contributed by atoms with Crippen LogP contribution in [0.15, 0.2) is 0 Å². The molecule has 1 saturated heterocycles. The Hall–Kier alpha value is -0.120. The van der Waals surface area contributed by atoms with E-state index >= 15 is 0 Å². The molecule has 1 aliphatic rings. The number of rotatable bonds is 4. The molecular formula is C13H28N2O. The van der Waals surface area contributed by atoms with Crippen molar-refractivity contribution in [2.75, 3.05) is 32.8 Å². The van der Waals surface area contributed by atoms with Crippen molar-refractivity contribution >= 4 is 0 Å². The van der Waals surface area contributed by atoms with Crippen molar-refractivity contribution in [1.82, 2.24) is 10.2 Å². The zero-order valence-corrected chi connectivity index (χ0v) is 11.5. The van der Waals surface area contributed by atoms with Crippen LogP contribution in [-0.2, 0) is 4.74 Å². The summed E-state index contributed by atoms with van der Waals surface area (Å²) in [6.45, 7) is 16.4. The van der Waals surface area contributed by atoms with Gasteiger partial charge in [0.1, 0.15) is 0 Å². The molecule has 3 heteroatoms. The highest BCUT2D eigenvalue weighted by atomic mass is 16.5. The molecule has 0 bridgehead atoms. The fourth-order valence-corrected chi connectivity index (χ4v) is 1.98. The lowest BCUT2D eigenvalue weighted by atomic mass is 9.99. The smallest absolute Gasteiger partial charge is 0.0594 e. The van der Waals surface area contributed by atoms with Crippen molar-refractivity contribution < 1.29 is 4.74 Å². The maximum absolute atomic E-state index is 5.39. The molecule has 1 fully saturated rings. The number of nitrogens with one attached hydrogen (secondary N) is 1. The fraction of sp³-hybridized carbons (Fsp3) is 1.00. The molecule has 0 aromatic carbocycles. The van der Waals surface area contributed by atoms with Gasteiger partial charge < -0.3 is 10.1 Å². The summed E-state index contributed by atoms with van der Waals surface area (Å²) in [6, 6.07) is 0.638. The molecule has 0 saturated carbocycles. The van der Waals surface area contributed by atoms with E-state index in [4.69, 9.17) is 4.74 Å². The minimum atomic E-state index is 0.221. The van der Waals surface area contributed by atoms with Crippen molar-refractivity contribution in [1.29, 1.82) is 0 Å². The van der Waals surface area contributed by atoms with Gasteiger partial charge in [-0.3, -0.25) is 4.90 Å². The molecule has 1 aliphatic heterocycles. The Kier molecular flexibility index (Phi) is 5.22. The van der Waals surface area contributed by atoms with Gasteiger partial charge in [0.25, 0.3) is 0 Å². The van der Waals surface area contributed by atoms with E-state index < -0.39 is 0 Å². The van der Waals surface area contributed by atoms with E-state index in [9.17, 15) is 0 Å². The zero-order valence-electron chi connectivity index (χ0n) is 11.5. The lowest BCUT2D eigenvalue weighted by molar-refractivity contribution is 0.00869. The molecule has 0 aromatic heterocycles. The first-order valence-electron chi connectivity index (χ1n) is 6.47. The second-order valence-corrected chi connectivity index (χ2v) is 6.00. The SMILES string of the molecule is CC(CNC(C)(C)C)C(C)N1CCOCC1. The van der Waals surface area contributed by atoms with Crippen LogP contribution in [0.1, 0.15) is 34.6 Å². The number of ether oxygens (including phenoxy) is 1. The minimum Gasteiger partial charge on any atom is -0.379 e. The largest absolute Gasteiger partial charge is 0.379 e. The summed E-state index contributed by atoms with van der Waals surface area (Å²) in [4.78, 5) is 2.54. The Bertz CT molecular complexity index is 195. The van der Waals surface area contributed by atoms with Gasteiger partial charge in [-0.05, 0) is 40.2 Å². The van der Waals surface area contributed by atoms with E-state index in [1.807, 2.05) is 0 Å². The fourth-order valence-electron chi connectivity index (χ4n) is 1.98. The summed E-state index contributed by atoms with van der Waals surface area (Å²) in [5, 5.41) is 3.58. The van der Waals surface area contributed by atoms with E-state index in [2.05, 4.69) is 44.8 Å². The first kappa shape index (κ1) is 13.9. The van der Waals surface area contributed by atoms with E-state index in [1.54, 1.807) is 0 Å². The summed E-state index contributed by atoms with van der Waals surface area (Å²) in [7, 11) is 0. The Morgan fingerprint density at radius 3 is 2.25 bits per heavy atom. The predicted octanol–water partition coefficient (Wildman–Crippen LogP) is 1.73. The van der Waals surface area contributed by atoms with Crippen LogP contribution in [0.4, 0.5) is 0 Å². The third-order valence-corrected chi connectivity index (χ3v) is 3.40. The average molecular weight is 228 g/mol. The van der Waals surface area contributed by atoms with Gasteiger partial charge in [-0.2, -0.15) is 0 Å². The minimum absolute atomic E-state index is 0.221. The van der Waals surface area contributed by atoms with E-state index in [0.29, 0.717) is 12.0 Å². The van der Waals surface area contributed by atoms with Gasteiger partial charge in [0.15, 0.2) is 0 Å².